The van der Waals surface area contributed by atoms with Crippen molar-refractivity contribution in [2.45, 2.75) is 38.0 Å². The second-order valence-corrected chi connectivity index (χ2v) is 8.39. The maximum atomic E-state index is 12.6. The Morgan fingerprint density at radius 1 is 1.11 bits per heavy atom. The molecule has 0 atom stereocenters. The lowest BCUT2D eigenvalue weighted by Gasteiger charge is -2.32. The minimum Gasteiger partial charge on any atom is -0.360 e. The summed E-state index contributed by atoms with van der Waals surface area (Å²) in [5.74, 6) is 0.841. The summed E-state index contributed by atoms with van der Waals surface area (Å²) < 4.78 is 0. The summed E-state index contributed by atoms with van der Waals surface area (Å²) in [5.41, 5.74) is 3.47. The van der Waals surface area contributed by atoms with Gasteiger partial charge in [-0.05, 0) is 54.9 Å². The molecule has 146 valence electrons. The summed E-state index contributed by atoms with van der Waals surface area (Å²) in [6.07, 6.45) is 6.32. The Kier molecular flexibility index (Phi) is 5.93. The van der Waals surface area contributed by atoms with Gasteiger partial charge in [-0.3, -0.25) is 4.79 Å². The highest BCUT2D eigenvalue weighted by Gasteiger charge is 2.23. The molecule has 0 unspecified atom stereocenters. The van der Waals surface area contributed by atoms with Crippen LogP contribution in [0.4, 0.5) is 0 Å². The molecule has 2 aromatic carbocycles. The number of aromatic amines is 1. The lowest BCUT2D eigenvalue weighted by atomic mass is 9.89. The van der Waals surface area contributed by atoms with E-state index in [0.717, 1.165) is 55.2 Å². The van der Waals surface area contributed by atoms with Crippen molar-refractivity contribution < 1.29 is 4.79 Å². The molecule has 0 saturated carbocycles. The maximum absolute atomic E-state index is 12.6. The van der Waals surface area contributed by atoms with Crippen LogP contribution in [-0.2, 0) is 11.2 Å². The first-order chi connectivity index (χ1) is 13.6. The predicted molar refractivity (Wildman–Crippen MR) is 116 cm³/mol. The number of hydrogen-bond acceptors (Lipinski definition) is 1. The van der Waals surface area contributed by atoms with Crippen LogP contribution in [0.1, 0.15) is 42.7 Å². The number of H-pyrrole nitrogens is 1. The van der Waals surface area contributed by atoms with E-state index in [9.17, 15) is 4.79 Å². The van der Waals surface area contributed by atoms with Gasteiger partial charge in [0.1, 0.15) is 0 Å². The summed E-state index contributed by atoms with van der Waals surface area (Å²) in [6.45, 7) is 1.72. The largest absolute Gasteiger partial charge is 0.360 e. The molecule has 3 nitrogen and oxygen atoms in total. The van der Waals surface area contributed by atoms with Crippen molar-refractivity contribution in [3.8, 4) is 0 Å². The maximum Gasteiger partial charge on any atom is 0.222 e. The van der Waals surface area contributed by atoms with Crippen molar-refractivity contribution in [1.29, 1.82) is 0 Å². The molecule has 2 heterocycles. The molecule has 1 aliphatic rings. The number of aromatic nitrogens is 1. The van der Waals surface area contributed by atoms with E-state index in [1.807, 2.05) is 17.2 Å². The van der Waals surface area contributed by atoms with Crippen molar-refractivity contribution in [3.63, 3.8) is 0 Å². The number of benzene rings is 2. The van der Waals surface area contributed by atoms with Gasteiger partial charge in [-0.15, -0.1) is 0 Å². The first-order valence-electron chi connectivity index (χ1n) is 9.89. The number of carbonyl (C=O) groups is 1. The van der Waals surface area contributed by atoms with E-state index in [1.165, 1.54) is 5.56 Å². The lowest BCUT2D eigenvalue weighted by Crippen LogP contribution is -2.37. The summed E-state index contributed by atoms with van der Waals surface area (Å²) in [6, 6.07) is 14.3. The molecular weight excluding hydrogens is 391 g/mol. The number of nitrogens with zero attached hydrogens (tertiary/aromatic N) is 1. The zero-order valence-corrected chi connectivity index (χ0v) is 17.3. The molecule has 1 amide bonds. The third-order valence-electron chi connectivity index (χ3n) is 5.75. The van der Waals surface area contributed by atoms with Gasteiger partial charge in [0.2, 0.25) is 5.91 Å². The number of nitrogens with one attached hydrogen (secondary N) is 1. The first kappa shape index (κ1) is 19.4. The lowest BCUT2D eigenvalue weighted by molar-refractivity contribution is -0.132. The van der Waals surface area contributed by atoms with Crippen molar-refractivity contribution >= 4 is 40.0 Å². The van der Waals surface area contributed by atoms with E-state index in [4.69, 9.17) is 23.2 Å². The predicted octanol–water partition coefficient (Wildman–Crippen LogP) is 6.20. The molecule has 0 spiro atoms. The van der Waals surface area contributed by atoms with E-state index in [2.05, 4.69) is 35.3 Å². The fourth-order valence-corrected chi connectivity index (χ4v) is 4.74. The molecule has 0 radical (unpaired) electrons. The molecule has 1 N–H and O–H groups in total. The van der Waals surface area contributed by atoms with Crippen LogP contribution in [0, 0.1) is 0 Å². The number of likely N-dealkylation sites (tertiary alicyclic amines) is 1. The van der Waals surface area contributed by atoms with Gasteiger partial charge in [-0.25, -0.2) is 0 Å². The van der Waals surface area contributed by atoms with Gasteiger partial charge in [-0.2, -0.15) is 0 Å². The average Bonchev–Trinajstić information content (AvgIpc) is 3.12. The summed E-state index contributed by atoms with van der Waals surface area (Å²) in [4.78, 5) is 17.9. The van der Waals surface area contributed by atoms with Crippen LogP contribution in [0.25, 0.3) is 10.9 Å². The van der Waals surface area contributed by atoms with Gasteiger partial charge in [0.05, 0.1) is 10.5 Å². The number of halogens is 2. The molecule has 1 aromatic heterocycles. The van der Waals surface area contributed by atoms with Crippen molar-refractivity contribution in [2.75, 3.05) is 13.1 Å². The zero-order valence-electron chi connectivity index (χ0n) is 15.8. The molecule has 5 heteroatoms. The summed E-state index contributed by atoms with van der Waals surface area (Å²) in [7, 11) is 0. The Morgan fingerprint density at radius 2 is 1.86 bits per heavy atom. The van der Waals surface area contributed by atoms with Gasteiger partial charge in [-0.1, -0.05) is 53.5 Å². The highest BCUT2D eigenvalue weighted by Crippen LogP contribution is 2.31. The SMILES string of the molecule is O=C(CCCc1c[nH]c2c(Cl)cc(Cl)cc12)N1CCC(c2ccccc2)CC1. The second kappa shape index (κ2) is 8.59. The molecule has 1 aliphatic heterocycles. The summed E-state index contributed by atoms with van der Waals surface area (Å²) >= 11 is 12.4. The Bertz CT molecular complexity index is 959. The van der Waals surface area contributed by atoms with Crippen molar-refractivity contribution in [1.82, 2.24) is 9.88 Å². The molecule has 1 fully saturated rings. The van der Waals surface area contributed by atoms with Gasteiger partial charge in [0, 0.05) is 36.1 Å². The van der Waals surface area contributed by atoms with Crippen LogP contribution in [-0.4, -0.2) is 28.9 Å². The van der Waals surface area contributed by atoms with Crippen LogP contribution >= 0.6 is 23.2 Å². The fraction of sp³-hybridized carbons (Fsp3) is 0.348. The highest BCUT2D eigenvalue weighted by molar-refractivity contribution is 6.38. The number of amides is 1. The number of rotatable bonds is 5. The monoisotopic (exact) mass is 414 g/mol. The third kappa shape index (κ3) is 4.21. The molecule has 1 saturated heterocycles. The van der Waals surface area contributed by atoms with E-state index < -0.39 is 0 Å². The van der Waals surface area contributed by atoms with E-state index in [-0.39, 0.29) is 5.91 Å². The van der Waals surface area contributed by atoms with E-state index in [1.54, 1.807) is 6.07 Å². The van der Waals surface area contributed by atoms with E-state index >= 15 is 0 Å². The Labute approximate surface area is 175 Å². The number of hydrogen-bond donors (Lipinski definition) is 1. The number of fused-ring (bicyclic) bond motifs is 1. The smallest absolute Gasteiger partial charge is 0.222 e. The summed E-state index contributed by atoms with van der Waals surface area (Å²) in [5, 5.41) is 2.32. The van der Waals surface area contributed by atoms with Gasteiger partial charge >= 0.3 is 0 Å². The minimum absolute atomic E-state index is 0.266. The van der Waals surface area contributed by atoms with Crippen molar-refractivity contribution in [2.24, 2.45) is 0 Å². The van der Waals surface area contributed by atoms with Crippen LogP contribution in [0.15, 0.2) is 48.7 Å². The van der Waals surface area contributed by atoms with Crippen LogP contribution in [0.3, 0.4) is 0 Å². The Balaban J connectivity index is 1.29. The number of carbonyl (C=O) groups excluding carboxylic acids is 1. The van der Waals surface area contributed by atoms with Crippen LogP contribution in [0.2, 0.25) is 10.0 Å². The van der Waals surface area contributed by atoms with Crippen LogP contribution < -0.4 is 0 Å². The molecule has 0 bridgehead atoms. The number of piperidine rings is 1. The second-order valence-electron chi connectivity index (χ2n) is 7.54. The minimum atomic E-state index is 0.266. The van der Waals surface area contributed by atoms with Gasteiger partial charge in [0.25, 0.3) is 0 Å². The third-order valence-corrected chi connectivity index (χ3v) is 6.26. The normalized spacial score (nSPS) is 15.3. The molecule has 0 aliphatic carbocycles. The van der Waals surface area contributed by atoms with Gasteiger partial charge in [0.15, 0.2) is 0 Å². The Morgan fingerprint density at radius 3 is 2.61 bits per heavy atom. The van der Waals surface area contributed by atoms with Crippen LogP contribution in [0.5, 0.6) is 0 Å². The first-order valence-corrected chi connectivity index (χ1v) is 10.6. The molecule has 28 heavy (non-hydrogen) atoms. The zero-order chi connectivity index (χ0) is 19.5. The molecule has 4 rings (SSSR count). The quantitative estimate of drug-likeness (QED) is 0.529. The fourth-order valence-electron chi connectivity index (χ4n) is 4.19. The van der Waals surface area contributed by atoms with Crippen molar-refractivity contribution in [3.05, 3.63) is 69.8 Å². The van der Waals surface area contributed by atoms with Gasteiger partial charge < -0.3 is 9.88 Å². The van der Waals surface area contributed by atoms with E-state index in [0.29, 0.717) is 22.4 Å². The molecular formula is C23H24Cl2N2O. The average molecular weight is 415 g/mol. The highest BCUT2D eigenvalue weighted by atomic mass is 35.5. The Hall–Kier alpha value is -1.97. The standard InChI is InChI=1S/C23H24Cl2N2O/c24-19-13-20-18(15-26-23(20)21(25)14-19)7-4-8-22(28)27-11-9-17(10-12-27)16-5-2-1-3-6-16/h1-3,5-6,13-15,17,26H,4,7-12H2. The molecule has 3 aromatic rings. The number of aryl methyl sites for hydroxylation is 1. The topological polar surface area (TPSA) is 36.1 Å².